The zero-order chi connectivity index (χ0) is 23.0. The molecule has 178 valence electrons. The normalized spacial score (nSPS) is 20.8. The summed E-state index contributed by atoms with van der Waals surface area (Å²) in [4.78, 5) is 19.0. The van der Waals surface area contributed by atoms with Crippen molar-refractivity contribution in [3.63, 3.8) is 0 Å². The fraction of sp³-hybridized carbons (Fsp3) is 0.500. The Morgan fingerprint density at radius 2 is 1.76 bits per heavy atom. The van der Waals surface area contributed by atoms with E-state index in [1.54, 1.807) is 0 Å². The summed E-state index contributed by atoms with van der Waals surface area (Å²) in [6.45, 7) is 5.42. The van der Waals surface area contributed by atoms with Gasteiger partial charge in [0.15, 0.2) is 0 Å². The van der Waals surface area contributed by atoms with Crippen molar-refractivity contribution in [2.45, 2.75) is 38.1 Å². The van der Waals surface area contributed by atoms with Gasteiger partial charge >= 0.3 is 0 Å². The summed E-state index contributed by atoms with van der Waals surface area (Å²) < 4.78 is 5.43. The highest BCUT2D eigenvalue weighted by molar-refractivity contribution is 6.27. The first-order valence-electron chi connectivity index (χ1n) is 11.9. The molecule has 2 aromatic carbocycles. The van der Waals surface area contributed by atoms with Gasteiger partial charge < -0.3 is 19.6 Å². The smallest absolute Gasteiger partial charge is 0.238 e. The van der Waals surface area contributed by atoms with Gasteiger partial charge in [0.25, 0.3) is 0 Å². The monoisotopic (exact) mass is 471 g/mol. The molecular formula is C26H34ClN3O3. The highest BCUT2D eigenvalue weighted by atomic mass is 35.5. The third kappa shape index (κ3) is 6.27. The molecule has 0 saturated carbocycles. The Labute approximate surface area is 201 Å². The molecule has 33 heavy (non-hydrogen) atoms. The average molecular weight is 472 g/mol. The molecule has 2 aliphatic heterocycles. The van der Waals surface area contributed by atoms with Gasteiger partial charge in [-0.1, -0.05) is 42.5 Å². The van der Waals surface area contributed by atoms with Crippen molar-refractivity contribution in [2.24, 2.45) is 0 Å². The van der Waals surface area contributed by atoms with Crippen molar-refractivity contribution >= 4 is 23.2 Å². The Bertz CT molecular complexity index is 874. The molecule has 1 N–H and O–H groups in total. The van der Waals surface area contributed by atoms with Crippen molar-refractivity contribution in [1.82, 2.24) is 9.80 Å². The molecule has 2 saturated heterocycles. The number of morpholine rings is 1. The van der Waals surface area contributed by atoms with Gasteiger partial charge in [-0.05, 0) is 42.5 Å². The van der Waals surface area contributed by atoms with Crippen LogP contribution in [0.3, 0.4) is 0 Å². The molecule has 1 amide bonds. The maximum Gasteiger partial charge on any atom is 0.238 e. The molecule has 0 aromatic heterocycles. The first kappa shape index (κ1) is 24.0. The van der Waals surface area contributed by atoms with Crippen LogP contribution in [-0.4, -0.2) is 72.1 Å². The molecule has 2 heterocycles. The first-order chi connectivity index (χ1) is 16.2. The van der Waals surface area contributed by atoms with Crippen LogP contribution in [0.2, 0.25) is 0 Å². The predicted molar refractivity (Wildman–Crippen MR) is 131 cm³/mol. The number of benzene rings is 2. The SMILES string of the molecule is O=C(CCl)N(Cc1ccccc1)C1CCCN(C(O)c2ccc(N3CCOCC3)cc2)CC1. The van der Waals surface area contributed by atoms with E-state index in [1.165, 1.54) is 5.69 Å². The van der Waals surface area contributed by atoms with Crippen LogP contribution in [0.4, 0.5) is 5.69 Å². The zero-order valence-corrected chi connectivity index (χ0v) is 19.9. The summed E-state index contributed by atoms with van der Waals surface area (Å²) in [5.41, 5.74) is 3.18. The Balaban J connectivity index is 1.38. The first-order valence-corrected chi connectivity index (χ1v) is 12.4. The minimum Gasteiger partial charge on any atom is -0.378 e. The van der Waals surface area contributed by atoms with Gasteiger partial charge in [0.2, 0.25) is 5.91 Å². The van der Waals surface area contributed by atoms with Crippen molar-refractivity contribution in [2.75, 3.05) is 50.2 Å². The second-order valence-corrected chi connectivity index (χ2v) is 9.09. The minimum absolute atomic E-state index is 0.00877. The molecule has 0 spiro atoms. The summed E-state index contributed by atoms with van der Waals surface area (Å²) in [6, 6.07) is 18.4. The number of hydrogen-bond donors (Lipinski definition) is 1. The van der Waals surface area contributed by atoms with Gasteiger partial charge in [-0.3, -0.25) is 9.69 Å². The number of carbonyl (C=O) groups excluding carboxylic acids is 1. The lowest BCUT2D eigenvalue weighted by Crippen LogP contribution is -2.41. The van der Waals surface area contributed by atoms with Crippen LogP contribution < -0.4 is 4.90 Å². The fourth-order valence-corrected chi connectivity index (χ4v) is 4.98. The number of rotatable bonds is 7. The van der Waals surface area contributed by atoms with Gasteiger partial charge in [0.1, 0.15) is 12.1 Å². The maximum atomic E-state index is 12.6. The quantitative estimate of drug-likeness (QED) is 0.625. The van der Waals surface area contributed by atoms with E-state index < -0.39 is 6.23 Å². The molecule has 0 bridgehead atoms. The number of nitrogens with zero attached hydrogens (tertiary/aromatic N) is 3. The maximum absolute atomic E-state index is 12.6. The van der Waals surface area contributed by atoms with E-state index >= 15 is 0 Å². The number of amides is 1. The lowest BCUT2D eigenvalue weighted by atomic mass is 10.1. The summed E-state index contributed by atoms with van der Waals surface area (Å²) in [7, 11) is 0. The highest BCUT2D eigenvalue weighted by Gasteiger charge is 2.28. The van der Waals surface area contributed by atoms with Gasteiger partial charge in [0, 0.05) is 44.5 Å². The summed E-state index contributed by atoms with van der Waals surface area (Å²) in [5.74, 6) is -0.0382. The third-order valence-corrected chi connectivity index (χ3v) is 6.95. The van der Waals surface area contributed by atoms with Crippen molar-refractivity contribution in [1.29, 1.82) is 0 Å². The number of alkyl halides is 1. The minimum atomic E-state index is -0.645. The summed E-state index contributed by atoms with van der Waals surface area (Å²) in [6.07, 6.45) is 2.01. The molecule has 2 aliphatic rings. The number of ether oxygens (including phenoxy) is 1. The largest absolute Gasteiger partial charge is 0.378 e. The Kier molecular flexibility index (Phi) is 8.62. The van der Waals surface area contributed by atoms with Crippen molar-refractivity contribution in [3.8, 4) is 0 Å². The summed E-state index contributed by atoms with van der Waals surface area (Å²) in [5, 5.41) is 11.1. The molecule has 2 unspecified atom stereocenters. The van der Waals surface area contributed by atoms with E-state index in [0.29, 0.717) is 6.54 Å². The molecule has 2 atom stereocenters. The Morgan fingerprint density at radius 3 is 2.45 bits per heavy atom. The second-order valence-electron chi connectivity index (χ2n) is 8.83. The lowest BCUT2D eigenvalue weighted by molar-refractivity contribution is -0.131. The lowest BCUT2D eigenvalue weighted by Gasteiger charge is -2.32. The van der Waals surface area contributed by atoms with Crippen LogP contribution in [0.5, 0.6) is 0 Å². The number of anilines is 1. The fourth-order valence-electron chi connectivity index (χ4n) is 4.82. The molecule has 4 rings (SSSR count). The van der Waals surface area contributed by atoms with Crippen LogP contribution in [0.1, 0.15) is 36.6 Å². The number of aliphatic hydroxyl groups is 1. The number of aliphatic hydroxyl groups excluding tert-OH is 1. The van der Waals surface area contributed by atoms with E-state index in [0.717, 1.165) is 69.8 Å². The van der Waals surface area contributed by atoms with E-state index in [4.69, 9.17) is 16.3 Å². The van der Waals surface area contributed by atoms with Crippen molar-refractivity contribution < 1.29 is 14.6 Å². The van der Waals surface area contributed by atoms with Crippen molar-refractivity contribution in [3.05, 3.63) is 65.7 Å². The van der Waals surface area contributed by atoms with Crippen LogP contribution in [-0.2, 0) is 16.1 Å². The van der Waals surface area contributed by atoms with Crippen LogP contribution in [0.25, 0.3) is 0 Å². The summed E-state index contributed by atoms with van der Waals surface area (Å²) >= 11 is 5.95. The predicted octanol–water partition coefficient (Wildman–Crippen LogP) is 3.64. The zero-order valence-electron chi connectivity index (χ0n) is 19.1. The van der Waals surface area contributed by atoms with Crippen LogP contribution in [0, 0.1) is 0 Å². The van der Waals surface area contributed by atoms with E-state index in [1.807, 2.05) is 47.4 Å². The molecule has 0 radical (unpaired) electrons. The van der Waals surface area contributed by atoms with E-state index in [9.17, 15) is 9.90 Å². The van der Waals surface area contributed by atoms with Gasteiger partial charge in [-0.15, -0.1) is 11.6 Å². The van der Waals surface area contributed by atoms with E-state index in [-0.39, 0.29) is 17.8 Å². The molecule has 6 nitrogen and oxygen atoms in total. The second kappa shape index (κ2) is 11.8. The van der Waals surface area contributed by atoms with E-state index in [2.05, 4.69) is 21.9 Å². The molecule has 0 aliphatic carbocycles. The van der Waals surface area contributed by atoms with Gasteiger partial charge in [-0.25, -0.2) is 0 Å². The van der Waals surface area contributed by atoms with Gasteiger partial charge in [-0.2, -0.15) is 0 Å². The third-order valence-electron chi connectivity index (χ3n) is 6.72. The molecule has 7 heteroatoms. The average Bonchev–Trinajstić information content (AvgIpc) is 3.14. The van der Waals surface area contributed by atoms with Crippen LogP contribution >= 0.6 is 11.6 Å². The van der Waals surface area contributed by atoms with Gasteiger partial charge in [0.05, 0.1) is 13.2 Å². The van der Waals surface area contributed by atoms with Crippen LogP contribution in [0.15, 0.2) is 54.6 Å². The standard InChI is InChI=1S/C26H34ClN3O3/c27-19-25(31)30(20-21-5-2-1-3-6-21)24-7-4-13-29(14-12-24)26(32)22-8-10-23(11-9-22)28-15-17-33-18-16-28/h1-3,5-6,8-11,24,26,32H,4,7,12-20H2. The number of hydrogen-bond acceptors (Lipinski definition) is 5. The highest BCUT2D eigenvalue weighted by Crippen LogP contribution is 2.27. The Hall–Kier alpha value is -2.12. The number of halogens is 1. The molecule has 2 fully saturated rings. The number of likely N-dealkylation sites (tertiary alicyclic amines) is 1. The number of carbonyl (C=O) groups is 1. The molecule has 2 aromatic rings. The molecular weight excluding hydrogens is 438 g/mol. The Morgan fingerprint density at radius 1 is 1.03 bits per heavy atom. The topological polar surface area (TPSA) is 56.2 Å².